The average Bonchev–Trinajstić information content (AvgIpc) is 3.03. The predicted molar refractivity (Wildman–Crippen MR) is 117 cm³/mol. The molecule has 4 rings (SSSR count). The Morgan fingerprint density at radius 1 is 1.09 bits per heavy atom. The molecule has 0 aromatic heterocycles. The third kappa shape index (κ3) is 5.33. The highest BCUT2D eigenvalue weighted by molar-refractivity contribution is 6.30. The topological polar surface area (TPSA) is 76.1 Å². The number of halogens is 2. The van der Waals surface area contributed by atoms with Crippen molar-refractivity contribution in [1.82, 2.24) is 4.90 Å². The van der Waals surface area contributed by atoms with E-state index in [9.17, 15) is 14.0 Å². The summed E-state index contributed by atoms with van der Waals surface area (Å²) in [6.45, 7) is -0.113. The fraction of sp³-hybridized carbons (Fsp3) is 0.417. The molecule has 1 amide bonds. The lowest BCUT2D eigenvalue weighted by Crippen LogP contribution is -2.50. The van der Waals surface area contributed by atoms with Gasteiger partial charge in [0.15, 0.2) is 6.61 Å². The molecule has 0 saturated carbocycles. The Labute approximate surface area is 190 Å². The Bertz CT molecular complexity index is 969. The molecule has 2 heterocycles. The van der Waals surface area contributed by atoms with Gasteiger partial charge in [-0.05, 0) is 67.3 Å². The van der Waals surface area contributed by atoms with Crippen molar-refractivity contribution in [2.75, 3.05) is 6.61 Å². The molecule has 6 nitrogen and oxygen atoms in total. The number of hydrogen-bond acceptors (Lipinski definition) is 4. The summed E-state index contributed by atoms with van der Waals surface area (Å²) in [7, 11) is 0. The van der Waals surface area contributed by atoms with Gasteiger partial charge in [-0.1, -0.05) is 11.6 Å². The lowest BCUT2D eigenvalue weighted by Gasteiger charge is -2.38. The highest BCUT2D eigenvalue weighted by Crippen LogP contribution is 2.37. The summed E-state index contributed by atoms with van der Waals surface area (Å²) in [5.74, 6) is -0.183. The first-order valence-corrected chi connectivity index (χ1v) is 11.1. The maximum atomic E-state index is 13.1. The van der Waals surface area contributed by atoms with Crippen LogP contribution >= 0.6 is 11.6 Å². The molecular weight excluding hydrogens is 437 g/mol. The van der Waals surface area contributed by atoms with Crippen LogP contribution in [0.15, 0.2) is 42.5 Å². The first-order valence-electron chi connectivity index (χ1n) is 10.8. The molecule has 0 radical (unpaired) electrons. The van der Waals surface area contributed by atoms with Gasteiger partial charge in [0.2, 0.25) is 0 Å². The van der Waals surface area contributed by atoms with Crippen LogP contribution in [-0.4, -0.2) is 46.7 Å². The molecule has 0 aliphatic carbocycles. The number of amides is 1. The number of benzene rings is 2. The maximum Gasteiger partial charge on any atom is 0.303 e. The van der Waals surface area contributed by atoms with Gasteiger partial charge in [-0.25, -0.2) is 4.39 Å². The summed E-state index contributed by atoms with van der Waals surface area (Å²) in [5.41, 5.74) is 0.669. The van der Waals surface area contributed by atoms with Crippen molar-refractivity contribution >= 4 is 23.5 Å². The average molecular weight is 462 g/mol. The standard InChI is InChI=1S/C24H25ClFNO5/c25-16-2-9-22(15(11-16)1-10-24(29)30)31-14-23(28)27-18-5-6-19(27)13-21(12-18)32-20-7-3-17(26)4-8-20/h2-4,7-9,11,18-19,21H,1,5-6,10,12-14H2,(H,29,30). The number of nitrogens with zero attached hydrogens (tertiary/aromatic N) is 1. The van der Waals surface area contributed by atoms with Crippen molar-refractivity contribution in [2.24, 2.45) is 0 Å². The molecule has 2 fully saturated rings. The minimum absolute atomic E-state index is 0.0122. The van der Waals surface area contributed by atoms with Crippen LogP contribution in [0.1, 0.15) is 37.7 Å². The Hall–Kier alpha value is -2.80. The summed E-state index contributed by atoms with van der Waals surface area (Å²) >= 11 is 6.03. The minimum atomic E-state index is -0.908. The van der Waals surface area contributed by atoms with E-state index in [1.807, 2.05) is 4.90 Å². The van der Waals surface area contributed by atoms with Crippen molar-refractivity contribution in [3.8, 4) is 11.5 Å². The number of ether oxygens (including phenoxy) is 2. The van der Waals surface area contributed by atoms with Crippen molar-refractivity contribution in [1.29, 1.82) is 0 Å². The van der Waals surface area contributed by atoms with Gasteiger partial charge in [-0.2, -0.15) is 0 Å². The van der Waals surface area contributed by atoms with E-state index in [-0.39, 0.29) is 49.4 Å². The lowest BCUT2D eigenvalue weighted by molar-refractivity contribution is -0.139. The number of piperidine rings is 1. The number of rotatable bonds is 8. The Morgan fingerprint density at radius 2 is 1.78 bits per heavy atom. The van der Waals surface area contributed by atoms with Gasteiger partial charge in [0.25, 0.3) is 5.91 Å². The van der Waals surface area contributed by atoms with Gasteiger partial charge in [-0.15, -0.1) is 0 Å². The van der Waals surface area contributed by atoms with Crippen molar-refractivity contribution in [2.45, 2.75) is 56.7 Å². The van der Waals surface area contributed by atoms with Crippen LogP contribution in [0, 0.1) is 5.82 Å². The normalized spacial score (nSPS) is 21.9. The largest absolute Gasteiger partial charge is 0.490 e. The molecular formula is C24H25ClFNO5. The second-order valence-corrected chi connectivity index (χ2v) is 8.72. The molecule has 32 heavy (non-hydrogen) atoms. The van der Waals surface area contributed by atoms with Gasteiger partial charge in [-0.3, -0.25) is 9.59 Å². The van der Waals surface area contributed by atoms with E-state index >= 15 is 0 Å². The number of fused-ring (bicyclic) bond motifs is 2. The molecule has 2 atom stereocenters. The second kappa shape index (κ2) is 9.77. The van der Waals surface area contributed by atoms with Crippen LogP contribution in [0.2, 0.25) is 5.02 Å². The monoisotopic (exact) mass is 461 g/mol. The third-order valence-corrected chi connectivity index (χ3v) is 6.31. The Balaban J connectivity index is 1.35. The number of carboxylic acids is 1. The number of carbonyl (C=O) groups is 2. The smallest absolute Gasteiger partial charge is 0.303 e. The van der Waals surface area contributed by atoms with E-state index in [1.165, 1.54) is 12.1 Å². The summed E-state index contributed by atoms with van der Waals surface area (Å²) in [6.07, 6.45) is 3.51. The van der Waals surface area contributed by atoms with E-state index in [0.717, 1.165) is 25.7 Å². The minimum Gasteiger partial charge on any atom is -0.490 e. The summed E-state index contributed by atoms with van der Waals surface area (Å²) in [5, 5.41) is 9.44. The van der Waals surface area contributed by atoms with E-state index in [0.29, 0.717) is 22.1 Å². The first-order chi connectivity index (χ1) is 15.4. The highest BCUT2D eigenvalue weighted by atomic mass is 35.5. The number of carbonyl (C=O) groups excluding carboxylic acids is 1. The van der Waals surface area contributed by atoms with Crippen LogP contribution in [0.25, 0.3) is 0 Å². The number of aliphatic carboxylic acids is 1. The zero-order chi connectivity index (χ0) is 22.7. The SMILES string of the molecule is O=C(O)CCc1cc(Cl)ccc1OCC(=O)N1C2CCC1CC(Oc1ccc(F)cc1)C2. The van der Waals surface area contributed by atoms with Crippen molar-refractivity contribution in [3.63, 3.8) is 0 Å². The molecule has 2 bridgehead atoms. The van der Waals surface area contributed by atoms with Crippen LogP contribution in [-0.2, 0) is 16.0 Å². The Morgan fingerprint density at radius 3 is 2.44 bits per heavy atom. The molecule has 2 aliphatic heterocycles. The number of aryl methyl sites for hydroxylation is 1. The van der Waals surface area contributed by atoms with E-state index in [1.54, 1.807) is 30.3 Å². The Kier molecular flexibility index (Phi) is 6.84. The van der Waals surface area contributed by atoms with E-state index in [2.05, 4.69) is 0 Å². The van der Waals surface area contributed by atoms with Crippen molar-refractivity contribution < 1.29 is 28.6 Å². The van der Waals surface area contributed by atoms with Gasteiger partial charge in [0, 0.05) is 36.4 Å². The maximum absolute atomic E-state index is 13.1. The van der Waals surface area contributed by atoms with E-state index < -0.39 is 5.97 Å². The predicted octanol–water partition coefficient (Wildman–Crippen LogP) is 4.48. The summed E-state index contributed by atoms with van der Waals surface area (Å²) in [6, 6.07) is 11.2. The quantitative estimate of drug-likeness (QED) is 0.627. The first kappa shape index (κ1) is 22.4. The van der Waals surface area contributed by atoms with Crippen LogP contribution in [0.4, 0.5) is 4.39 Å². The fourth-order valence-electron chi connectivity index (χ4n) is 4.68. The summed E-state index contributed by atoms with van der Waals surface area (Å²) in [4.78, 5) is 25.8. The summed E-state index contributed by atoms with van der Waals surface area (Å²) < 4.78 is 24.9. The van der Waals surface area contributed by atoms with Crippen molar-refractivity contribution in [3.05, 3.63) is 58.9 Å². The van der Waals surface area contributed by atoms with Gasteiger partial charge in [0.05, 0.1) is 0 Å². The number of hydrogen-bond donors (Lipinski definition) is 1. The molecule has 170 valence electrons. The van der Waals surface area contributed by atoms with Crippen LogP contribution < -0.4 is 9.47 Å². The molecule has 2 saturated heterocycles. The molecule has 2 unspecified atom stereocenters. The molecule has 0 spiro atoms. The zero-order valence-electron chi connectivity index (χ0n) is 17.5. The third-order valence-electron chi connectivity index (χ3n) is 6.08. The van der Waals surface area contributed by atoms with Gasteiger partial charge in [0.1, 0.15) is 23.4 Å². The molecule has 2 aromatic carbocycles. The van der Waals surface area contributed by atoms with Gasteiger partial charge < -0.3 is 19.5 Å². The molecule has 2 aliphatic rings. The zero-order valence-corrected chi connectivity index (χ0v) is 18.3. The molecule has 1 N–H and O–H groups in total. The van der Waals surface area contributed by atoms with Crippen LogP contribution in [0.5, 0.6) is 11.5 Å². The highest BCUT2D eigenvalue weighted by Gasteiger charge is 2.44. The van der Waals surface area contributed by atoms with E-state index in [4.69, 9.17) is 26.2 Å². The van der Waals surface area contributed by atoms with Crippen LogP contribution in [0.3, 0.4) is 0 Å². The number of carboxylic acid groups (broad SMARTS) is 1. The van der Waals surface area contributed by atoms with Gasteiger partial charge >= 0.3 is 5.97 Å². The molecule has 8 heteroatoms. The second-order valence-electron chi connectivity index (χ2n) is 8.29. The lowest BCUT2D eigenvalue weighted by atomic mass is 9.99. The molecule has 2 aromatic rings. The fourth-order valence-corrected chi connectivity index (χ4v) is 4.87.